The molecule has 1 aromatic heterocycles. The summed E-state index contributed by atoms with van der Waals surface area (Å²) >= 11 is 0. The van der Waals surface area contributed by atoms with E-state index in [1.807, 2.05) is 14.1 Å². The average molecular weight is 317 g/mol. The molecule has 0 unspecified atom stereocenters. The second-order valence-electron chi connectivity index (χ2n) is 5.32. The Morgan fingerprint density at radius 3 is 2.48 bits per heavy atom. The summed E-state index contributed by atoms with van der Waals surface area (Å²) in [5.41, 5.74) is -0.0276. The topological polar surface area (TPSA) is 70.2 Å². The van der Waals surface area contributed by atoms with E-state index >= 15 is 0 Å². The van der Waals surface area contributed by atoms with Crippen molar-refractivity contribution in [3.05, 3.63) is 47.8 Å². The number of aromatic nitrogens is 2. The molecule has 122 valence electrons. The van der Waals surface area contributed by atoms with Crippen LogP contribution in [0.15, 0.2) is 36.4 Å². The zero-order valence-electron chi connectivity index (χ0n) is 13.2. The molecule has 0 fully saturated rings. The van der Waals surface area contributed by atoms with Crippen LogP contribution in [0.4, 0.5) is 16.0 Å². The highest BCUT2D eigenvalue weighted by Gasteiger charge is 2.11. The van der Waals surface area contributed by atoms with Gasteiger partial charge in [-0.3, -0.25) is 4.79 Å². The van der Waals surface area contributed by atoms with E-state index in [2.05, 4.69) is 25.7 Å². The number of hydrogen-bond donors (Lipinski definition) is 2. The smallest absolute Gasteiger partial charge is 0.259 e. The Hall–Kier alpha value is -2.54. The van der Waals surface area contributed by atoms with Crippen molar-refractivity contribution < 1.29 is 9.18 Å². The van der Waals surface area contributed by atoms with Crippen molar-refractivity contribution in [1.29, 1.82) is 0 Å². The largest absolute Gasteiger partial charge is 0.369 e. The lowest BCUT2D eigenvalue weighted by Crippen LogP contribution is -2.17. The van der Waals surface area contributed by atoms with E-state index in [0.717, 1.165) is 19.5 Å². The Morgan fingerprint density at radius 1 is 1.13 bits per heavy atom. The molecule has 6 nitrogen and oxygen atoms in total. The van der Waals surface area contributed by atoms with Crippen LogP contribution in [-0.2, 0) is 0 Å². The highest BCUT2D eigenvalue weighted by atomic mass is 19.1. The van der Waals surface area contributed by atoms with Gasteiger partial charge in [0.1, 0.15) is 11.6 Å². The molecule has 0 atom stereocenters. The van der Waals surface area contributed by atoms with Crippen molar-refractivity contribution in [2.45, 2.75) is 6.42 Å². The standard InChI is InChI=1S/C16H20FN5O/c1-22(2)11-5-10-18-14-8-9-15(21-20-14)19-16(23)12-6-3-4-7-13(12)17/h3-4,6-9H,5,10-11H2,1-2H3,(H,18,20)(H,19,21,23). The first-order valence-electron chi connectivity index (χ1n) is 7.34. The Bertz CT molecular complexity index is 645. The van der Waals surface area contributed by atoms with Crippen LogP contribution in [0.25, 0.3) is 0 Å². The number of rotatable bonds is 7. The first-order chi connectivity index (χ1) is 11.1. The van der Waals surface area contributed by atoms with Gasteiger partial charge in [0.15, 0.2) is 5.82 Å². The molecule has 0 radical (unpaired) electrons. The normalized spacial score (nSPS) is 10.6. The third kappa shape index (κ3) is 5.30. The summed E-state index contributed by atoms with van der Waals surface area (Å²) < 4.78 is 13.5. The highest BCUT2D eigenvalue weighted by molar-refractivity contribution is 6.03. The minimum atomic E-state index is -0.572. The molecular formula is C16H20FN5O. The molecule has 0 saturated carbocycles. The lowest BCUT2D eigenvalue weighted by atomic mass is 10.2. The summed E-state index contributed by atoms with van der Waals surface area (Å²) in [5, 5.41) is 13.6. The van der Waals surface area contributed by atoms with Crippen molar-refractivity contribution >= 4 is 17.5 Å². The summed E-state index contributed by atoms with van der Waals surface area (Å²) in [6, 6.07) is 9.13. The van der Waals surface area contributed by atoms with E-state index in [1.165, 1.54) is 18.2 Å². The number of anilines is 2. The number of amides is 1. The van der Waals surface area contributed by atoms with Crippen LogP contribution in [0.5, 0.6) is 0 Å². The predicted octanol–water partition coefficient (Wildman–Crippen LogP) is 2.23. The molecule has 0 aliphatic rings. The van der Waals surface area contributed by atoms with Crippen LogP contribution in [-0.4, -0.2) is 48.2 Å². The number of carbonyl (C=O) groups excluding carboxylic acids is 1. The highest BCUT2D eigenvalue weighted by Crippen LogP contribution is 2.11. The van der Waals surface area contributed by atoms with Gasteiger partial charge < -0.3 is 15.5 Å². The van der Waals surface area contributed by atoms with E-state index in [4.69, 9.17) is 0 Å². The fourth-order valence-corrected chi connectivity index (χ4v) is 1.93. The predicted molar refractivity (Wildman–Crippen MR) is 88.0 cm³/mol. The Kier molecular flexibility index (Phi) is 5.99. The summed E-state index contributed by atoms with van der Waals surface area (Å²) in [6.45, 7) is 1.77. The van der Waals surface area contributed by atoms with Gasteiger partial charge in [-0.25, -0.2) is 4.39 Å². The molecule has 1 aromatic carbocycles. The molecule has 2 N–H and O–H groups in total. The van der Waals surface area contributed by atoms with Crippen LogP contribution >= 0.6 is 0 Å². The molecule has 0 spiro atoms. The SMILES string of the molecule is CN(C)CCCNc1ccc(NC(=O)c2ccccc2F)nn1. The van der Waals surface area contributed by atoms with E-state index in [9.17, 15) is 9.18 Å². The molecule has 2 aromatic rings. The third-order valence-corrected chi connectivity index (χ3v) is 3.11. The molecule has 0 saturated heterocycles. The second kappa shape index (κ2) is 8.19. The van der Waals surface area contributed by atoms with Crippen LogP contribution in [0.3, 0.4) is 0 Å². The number of carbonyl (C=O) groups is 1. The van der Waals surface area contributed by atoms with Gasteiger partial charge in [-0.1, -0.05) is 12.1 Å². The molecule has 7 heteroatoms. The summed E-state index contributed by atoms with van der Waals surface area (Å²) in [4.78, 5) is 14.1. The van der Waals surface area contributed by atoms with E-state index in [0.29, 0.717) is 5.82 Å². The van der Waals surface area contributed by atoms with Gasteiger partial charge in [0, 0.05) is 6.54 Å². The molecule has 0 bridgehead atoms. The monoisotopic (exact) mass is 317 g/mol. The number of hydrogen-bond acceptors (Lipinski definition) is 5. The quantitative estimate of drug-likeness (QED) is 0.766. The zero-order valence-corrected chi connectivity index (χ0v) is 13.2. The maximum absolute atomic E-state index is 13.5. The van der Waals surface area contributed by atoms with Gasteiger partial charge in [0.2, 0.25) is 0 Å². The molecule has 0 aliphatic heterocycles. The fourth-order valence-electron chi connectivity index (χ4n) is 1.93. The van der Waals surface area contributed by atoms with Crippen LogP contribution in [0, 0.1) is 5.82 Å². The number of nitrogens with one attached hydrogen (secondary N) is 2. The minimum absolute atomic E-state index is 0.0276. The fraction of sp³-hybridized carbons (Fsp3) is 0.312. The molecular weight excluding hydrogens is 297 g/mol. The van der Waals surface area contributed by atoms with E-state index in [-0.39, 0.29) is 11.4 Å². The maximum Gasteiger partial charge on any atom is 0.259 e. The van der Waals surface area contributed by atoms with Crippen LogP contribution in [0.2, 0.25) is 0 Å². The van der Waals surface area contributed by atoms with E-state index < -0.39 is 11.7 Å². The van der Waals surface area contributed by atoms with Gasteiger partial charge in [0.25, 0.3) is 5.91 Å². The van der Waals surface area contributed by atoms with Gasteiger partial charge in [0.05, 0.1) is 5.56 Å². The third-order valence-electron chi connectivity index (χ3n) is 3.11. The number of nitrogens with zero attached hydrogens (tertiary/aromatic N) is 3. The Balaban J connectivity index is 1.87. The molecule has 2 rings (SSSR count). The molecule has 1 amide bonds. The van der Waals surface area contributed by atoms with Gasteiger partial charge in [-0.15, -0.1) is 10.2 Å². The molecule has 1 heterocycles. The van der Waals surface area contributed by atoms with Crippen molar-refractivity contribution in [1.82, 2.24) is 15.1 Å². The summed E-state index contributed by atoms with van der Waals surface area (Å²) in [5.74, 6) is -0.217. The van der Waals surface area contributed by atoms with E-state index in [1.54, 1.807) is 18.2 Å². The number of halogens is 1. The molecule has 0 aliphatic carbocycles. The lowest BCUT2D eigenvalue weighted by molar-refractivity contribution is 0.102. The zero-order chi connectivity index (χ0) is 16.7. The second-order valence-corrected chi connectivity index (χ2v) is 5.32. The van der Waals surface area contributed by atoms with Crippen LogP contribution < -0.4 is 10.6 Å². The van der Waals surface area contributed by atoms with Gasteiger partial charge in [-0.05, 0) is 51.3 Å². The average Bonchev–Trinajstić information content (AvgIpc) is 2.53. The summed E-state index contributed by atoms with van der Waals surface area (Å²) in [6.07, 6.45) is 0.987. The number of benzene rings is 1. The van der Waals surface area contributed by atoms with Gasteiger partial charge >= 0.3 is 0 Å². The Morgan fingerprint density at radius 2 is 1.83 bits per heavy atom. The molecule has 23 heavy (non-hydrogen) atoms. The van der Waals surface area contributed by atoms with Gasteiger partial charge in [-0.2, -0.15) is 0 Å². The first-order valence-corrected chi connectivity index (χ1v) is 7.34. The summed E-state index contributed by atoms with van der Waals surface area (Å²) in [7, 11) is 4.04. The first kappa shape index (κ1) is 16.8. The van der Waals surface area contributed by atoms with Crippen molar-refractivity contribution in [2.75, 3.05) is 37.8 Å². The minimum Gasteiger partial charge on any atom is -0.369 e. The maximum atomic E-state index is 13.5. The van der Waals surface area contributed by atoms with Crippen molar-refractivity contribution in [2.24, 2.45) is 0 Å². The lowest BCUT2D eigenvalue weighted by Gasteiger charge is -2.10. The Labute approximate surface area is 134 Å². The van der Waals surface area contributed by atoms with Crippen molar-refractivity contribution in [3.63, 3.8) is 0 Å². The van der Waals surface area contributed by atoms with Crippen molar-refractivity contribution in [3.8, 4) is 0 Å². The van der Waals surface area contributed by atoms with Crippen LogP contribution in [0.1, 0.15) is 16.8 Å².